The van der Waals surface area contributed by atoms with Crippen LogP contribution >= 0.6 is 0 Å². The molecule has 2 rings (SSSR count). The lowest BCUT2D eigenvalue weighted by molar-refractivity contribution is 0.0825. The molecular weight excluding hydrogens is 246 g/mol. The van der Waals surface area contributed by atoms with E-state index in [1.165, 1.54) is 37.7 Å². The van der Waals surface area contributed by atoms with E-state index in [9.17, 15) is 4.79 Å². The van der Waals surface area contributed by atoms with E-state index in [1.807, 2.05) is 13.0 Å². The molecule has 0 saturated carbocycles. The number of carbonyl (C=O) groups excluding carboxylic acids is 1. The number of aryl methyl sites for hydroxylation is 2. The summed E-state index contributed by atoms with van der Waals surface area (Å²) in [5.41, 5.74) is 3.16. The third-order valence-electron chi connectivity index (χ3n) is 4.48. The Morgan fingerprint density at radius 1 is 1.05 bits per heavy atom. The van der Waals surface area contributed by atoms with Gasteiger partial charge in [0.25, 0.3) is 0 Å². The third-order valence-corrected chi connectivity index (χ3v) is 4.48. The number of benzene rings is 1. The molecule has 20 heavy (non-hydrogen) atoms. The maximum atomic E-state index is 12.8. The van der Waals surface area contributed by atoms with Gasteiger partial charge in [0.2, 0.25) is 0 Å². The molecule has 1 aliphatic rings. The van der Waals surface area contributed by atoms with E-state index in [0.717, 1.165) is 24.2 Å². The van der Waals surface area contributed by atoms with Gasteiger partial charge >= 0.3 is 0 Å². The molecule has 1 atom stereocenters. The van der Waals surface area contributed by atoms with Crippen molar-refractivity contribution in [3.05, 3.63) is 34.9 Å². The lowest BCUT2D eigenvalue weighted by atomic mass is 9.96. The van der Waals surface area contributed by atoms with Gasteiger partial charge in [0.15, 0.2) is 5.78 Å². The van der Waals surface area contributed by atoms with Crippen molar-refractivity contribution in [1.82, 2.24) is 4.90 Å². The van der Waals surface area contributed by atoms with E-state index in [-0.39, 0.29) is 11.8 Å². The Hall–Kier alpha value is -1.15. The van der Waals surface area contributed by atoms with Crippen LogP contribution in [0.15, 0.2) is 18.2 Å². The van der Waals surface area contributed by atoms with Crippen LogP contribution in [0.1, 0.15) is 60.5 Å². The van der Waals surface area contributed by atoms with Gasteiger partial charge in [-0.2, -0.15) is 0 Å². The number of nitrogens with zero attached hydrogens (tertiary/aromatic N) is 1. The highest BCUT2D eigenvalue weighted by atomic mass is 16.1. The molecule has 0 aliphatic carbocycles. The second-order valence-corrected chi connectivity index (χ2v) is 6.16. The number of hydrogen-bond acceptors (Lipinski definition) is 2. The van der Waals surface area contributed by atoms with E-state index in [4.69, 9.17) is 0 Å². The molecule has 2 nitrogen and oxygen atoms in total. The van der Waals surface area contributed by atoms with Crippen LogP contribution in [-0.2, 0) is 0 Å². The molecule has 0 radical (unpaired) electrons. The van der Waals surface area contributed by atoms with Gasteiger partial charge in [-0.15, -0.1) is 0 Å². The van der Waals surface area contributed by atoms with Gasteiger partial charge in [0, 0.05) is 5.56 Å². The molecule has 0 aromatic heterocycles. The van der Waals surface area contributed by atoms with Crippen molar-refractivity contribution in [2.75, 3.05) is 13.1 Å². The molecule has 2 heteroatoms. The average molecular weight is 273 g/mol. The van der Waals surface area contributed by atoms with Crippen LogP contribution in [0.2, 0.25) is 0 Å². The largest absolute Gasteiger partial charge is 0.294 e. The van der Waals surface area contributed by atoms with E-state index in [2.05, 4.69) is 30.9 Å². The fourth-order valence-electron chi connectivity index (χ4n) is 3.05. The summed E-state index contributed by atoms with van der Waals surface area (Å²) in [5, 5.41) is 0. The SMILES string of the molecule is Cc1ccc(C)c(C(=O)C(C)N2CCCCCCC2)c1. The zero-order valence-corrected chi connectivity index (χ0v) is 13.1. The number of Topliss-reactive ketones (excluding diaryl/α,β-unsaturated/α-hetero) is 1. The Balaban J connectivity index is 2.12. The smallest absolute Gasteiger partial charge is 0.179 e. The molecule has 110 valence electrons. The van der Waals surface area contributed by atoms with Crippen molar-refractivity contribution < 1.29 is 4.79 Å². The summed E-state index contributed by atoms with van der Waals surface area (Å²) in [6, 6.07) is 6.18. The van der Waals surface area contributed by atoms with Crippen molar-refractivity contribution in [1.29, 1.82) is 0 Å². The van der Waals surface area contributed by atoms with Crippen molar-refractivity contribution in [3.8, 4) is 0 Å². The van der Waals surface area contributed by atoms with Gasteiger partial charge in [0.1, 0.15) is 0 Å². The lowest BCUT2D eigenvalue weighted by Gasteiger charge is -2.30. The maximum Gasteiger partial charge on any atom is 0.179 e. The van der Waals surface area contributed by atoms with Crippen LogP contribution in [-0.4, -0.2) is 29.8 Å². The van der Waals surface area contributed by atoms with Crippen LogP contribution in [0.25, 0.3) is 0 Å². The minimum atomic E-state index is 0.00796. The summed E-state index contributed by atoms with van der Waals surface area (Å²) in [6.07, 6.45) is 6.42. The predicted molar refractivity (Wildman–Crippen MR) is 84.4 cm³/mol. The summed E-state index contributed by atoms with van der Waals surface area (Å²) >= 11 is 0. The van der Waals surface area contributed by atoms with Gasteiger partial charge in [-0.25, -0.2) is 0 Å². The third kappa shape index (κ3) is 3.69. The molecule has 0 bridgehead atoms. The topological polar surface area (TPSA) is 20.3 Å². The first-order valence-corrected chi connectivity index (χ1v) is 7.95. The first-order valence-electron chi connectivity index (χ1n) is 7.95. The fraction of sp³-hybridized carbons (Fsp3) is 0.611. The van der Waals surface area contributed by atoms with Crippen LogP contribution < -0.4 is 0 Å². The summed E-state index contributed by atoms with van der Waals surface area (Å²) in [7, 11) is 0. The van der Waals surface area contributed by atoms with Crippen molar-refractivity contribution in [2.24, 2.45) is 0 Å². The number of rotatable bonds is 3. The van der Waals surface area contributed by atoms with Crippen molar-refractivity contribution in [2.45, 2.75) is 58.9 Å². The second-order valence-electron chi connectivity index (χ2n) is 6.16. The predicted octanol–water partition coefficient (Wildman–Crippen LogP) is 4.14. The highest BCUT2D eigenvalue weighted by Crippen LogP contribution is 2.18. The lowest BCUT2D eigenvalue weighted by Crippen LogP contribution is -2.41. The fourth-order valence-corrected chi connectivity index (χ4v) is 3.05. The van der Waals surface area contributed by atoms with Crippen LogP contribution in [0.3, 0.4) is 0 Å². The molecule has 1 saturated heterocycles. The van der Waals surface area contributed by atoms with Crippen LogP contribution in [0.4, 0.5) is 0 Å². The zero-order valence-electron chi connectivity index (χ0n) is 13.1. The summed E-state index contributed by atoms with van der Waals surface area (Å²) < 4.78 is 0. The maximum absolute atomic E-state index is 12.8. The average Bonchev–Trinajstić information content (AvgIpc) is 2.40. The summed E-state index contributed by atoms with van der Waals surface area (Å²) in [4.78, 5) is 15.2. The van der Waals surface area contributed by atoms with Gasteiger partial charge < -0.3 is 0 Å². The molecule has 0 N–H and O–H groups in total. The first kappa shape index (κ1) is 15.2. The van der Waals surface area contributed by atoms with Gasteiger partial charge in [-0.3, -0.25) is 9.69 Å². The standard InChI is InChI=1S/C18H27NO/c1-14-9-10-15(2)17(13-14)18(20)16(3)19-11-7-5-4-6-8-12-19/h9-10,13,16H,4-8,11-12H2,1-3H3. The first-order chi connectivity index (χ1) is 9.59. The van der Waals surface area contributed by atoms with E-state index in [0.29, 0.717) is 0 Å². The normalized spacial score (nSPS) is 19.1. The Labute approximate surface area is 123 Å². The molecular formula is C18H27NO. The Kier molecular flexibility index (Phi) is 5.36. The minimum Gasteiger partial charge on any atom is -0.294 e. The molecule has 1 fully saturated rings. The monoisotopic (exact) mass is 273 g/mol. The van der Waals surface area contributed by atoms with Crippen LogP contribution in [0, 0.1) is 13.8 Å². The van der Waals surface area contributed by atoms with E-state index in [1.54, 1.807) is 0 Å². The highest BCUT2D eigenvalue weighted by molar-refractivity contribution is 6.01. The molecule has 1 aromatic carbocycles. The van der Waals surface area contributed by atoms with E-state index >= 15 is 0 Å². The quantitative estimate of drug-likeness (QED) is 0.771. The number of likely N-dealkylation sites (tertiary alicyclic amines) is 1. The molecule has 1 unspecified atom stereocenters. The van der Waals surface area contributed by atoms with Crippen molar-refractivity contribution in [3.63, 3.8) is 0 Å². The Bertz CT molecular complexity index is 458. The molecule has 0 amide bonds. The number of carbonyl (C=O) groups is 1. The van der Waals surface area contributed by atoms with E-state index < -0.39 is 0 Å². The molecule has 1 aliphatic heterocycles. The zero-order chi connectivity index (χ0) is 14.5. The summed E-state index contributed by atoms with van der Waals surface area (Å²) in [5.74, 6) is 0.284. The van der Waals surface area contributed by atoms with Gasteiger partial charge in [0.05, 0.1) is 6.04 Å². The number of ketones is 1. The van der Waals surface area contributed by atoms with Crippen molar-refractivity contribution >= 4 is 5.78 Å². The Morgan fingerprint density at radius 3 is 2.30 bits per heavy atom. The van der Waals surface area contributed by atoms with Crippen LogP contribution in [0.5, 0.6) is 0 Å². The molecule has 1 aromatic rings. The highest BCUT2D eigenvalue weighted by Gasteiger charge is 2.23. The molecule has 0 spiro atoms. The number of hydrogen-bond donors (Lipinski definition) is 0. The van der Waals surface area contributed by atoms with Gasteiger partial charge in [-0.1, -0.05) is 37.0 Å². The minimum absolute atomic E-state index is 0.00796. The Morgan fingerprint density at radius 2 is 1.65 bits per heavy atom. The molecule has 1 heterocycles. The summed E-state index contributed by atoms with van der Waals surface area (Å²) in [6.45, 7) is 8.30. The van der Waals surface area contributed by atoms with Gasteiger partial charge in [-0.05, 0) is 58.3 Å². The second kappa shape index (κ2) is 7.03.